The monoisotopic (exact) mass is 504 g/mol. The van der Waals surface area contributed by atoms with E-state index in [0.717, 1.165) is 25.7 Å². The van der Waals surface area contributed by atoms with Gasteiger partial charge in [0.2, 0.25) is 10.0 Å². The van der Waals surface area contributed by atoms with E-state index in [-0.39, 0.29) is 34.6 Å². The highest BCUT2D eigenvalue weighted by atomic mass is 35.5. The quantitative estimate of drug-likeness (QED) is 0.280. The molecule has 180 valence electrons. The summed E-state index contributed by atoms with van der Waals surface area (Å²) in [6, 6.07) is 4.28. The van der Waals surface area contributed by atoms with Crippen molar-refractivity contribution in [3.8, 4) is 0 Å². The molecule has 2 aliphatic heterocycles. The Morgan fingerprint density at radius 1 is 1.21 bits per heavy atom. The SMILES string of the molecule is [C-]#[N+]NC(=NC1CCCC1)N1CCN(S(=O)(=O)c2ccc(Cl)c(C(=O)NC3=NN=CC3)c2)CC1. The molecule has 34 heavy (non-hydrogen) atoms. The molecule has 1 aliphatic carbocycles. The first-order chi connectivity index (χ1) is 16.4. The van der Waals surface area contributed by atoms with Crippen LogP contribution >= 0.6 is 11.6 Å². The lowest BCUT2D eigenvalue weighted by Crippen LogP contribution is -2.53. The summed E-state index contributed by atoms with van der Waals surface area (Å²) < 4.78 is 28.0. The molecule has 0 radical (unpaired) electrons. The Labute approximate surface area is 203 Å². The lowest BCUT2D eigenvalue weighted by molar-refractivity contribution is 0.0976. The van der Waals surface area contributed by atoms with E-state index in [2.05, 4.69) is 30.9 Å². The summed E-state index contributed by atoms with van der Waals surface area (Å²) >= 11 is 6.17. The lowest BCUT2D eigenvalue weighted by Gasteiger charge is -2.34. The summed E-state index contributed by atoms with van der Waals surface area (Å²) in [5.41, 5.74) is 2.69. The van der Waals surface area contributed by atoms with Gasteiger partial charge < -0.3 is 10.2 Å². The zero-order valence-electron chi connectivity index (χ0n) is 18.4. The van der Waals surface area contributed by atoms with E-state index in [1.165, 1.54) is 22.5 Å². The van der Waals surface area contributed by atoms with Crippen LogP contribution in [0.25, 0.3) is 4.95 Å². The fourth-order valence-electron chi connectivity index (χ4n) is 4.12. The number of benzene rings is 1. The van der Waals surface area contributed by atoms with E-state index in [1.807, 2.05) is 4.90 Å². The number of nitrogens with one attached hydrogen (secondary N) is 2. The van der Waals surface area contributed by atoms with Crippen molar-refractivity contribution in [2.24, 2.45) is 15.2 Å². The number of amides is 1. The number of hydrogen-bond donors (Lipinski definition) is 2. The average molecular weight is 505 g/mol. The maximum atomic E-state index is 13.3. The standard InChI is InChI=1S/C21H25ClN8O3S/c1-23-28-21(25-15-4-2-3-5-15)29-10-12-30(13-11-29)34(32,33)16-6-7-18(22)17(14-16)20(31)26-19-8-9-24-27-19/h6-7,9,14-15H,2-5,8,10-13H2,(H,25,28)(H,26,27,31). The second-order valence-corrected chi connectivity index (χ2v) is 10.5. The molecule has 0 atom stereocenters. The second kappa shape index (κ2) is 10.5. The lowest BCUT2D eigenvalue weighted by atomic mass is 10.2. The third-order valence-electron chi connectivity index (χ3n) is 5.95. The van der Waals surface area contributed by atoms with Crippen molar-refractivity contribution in [3.05, 3.63) is 40.3 Å². The van der Waals surface area contributed by atoms with E-state index in [4.69, 9.17) is 18.2 Å². The van der Waals surface area contributed by atoms with Crippen molar-refractivity contribution < 1.29 is 13.2 Å². The molecule has 1 amide bonds. The normalized spacial score (nSPS) is 19.7. The van der Waals surface area contributed by atoms with Gasteiger partial charge in [0.1, 0.15) is 5.84 Å². The number of carbonyl (C=O) groups excluding carboxylic acids is 1. The molecule has 11 nitrogen and oxygen atoms in total. The first-order valence-electron chi connectivity index (χ1n) is 11.0. The fourth-order valence-corrected chi connectivity index (χ4v) is 5.77. The molecule has 2 N–H and O–H groups in total. The molecule has 0 bridgehead atoms. The Hall–Kier alpha value is -3.01. The Kier molecular flexibility index (Phi) is 7.45. The van der Waals surface area contributed by atoms with Crippen LogP contribution < -0.4 is 10.7 Å². The average Bonchev–Trinajstić information content (AvgIpc) is 3.53. The van der Waals surface area contributed by atoms with Crippen LogP contribution in [0.5, 0.6) is 0 Å². The van der Waals surface area contributed by atoms with Crippen LogP contribution in [0.2, 0.25) is 5.02 Å². The predicted octanol–water partition coefficient (Wildman–Crippen LogP) is 1.89. The first-order valence-corrected chi connectivity index (χ1v) is 12.8. The number of halogens is 1. The van der Waals surface area contributed by atoms with Crippen LogP contribution in [0.3, 0.4) is 0 Å². The van der Waals surface area contributed by atoms with Crippen molar-refractivity contribution in [1.82, 2.24) is 19.9 Å². The van der Waals surface area contributed by atoms with Gasteiger partial charge in [0, 0.05) is 38.8 Å². The molecule has 2 heterocycles. The number of sulfonamides is 1. The maximum absolute atomic E-state index is 13.3. The zero-order chi connectivity index (χ0) is 24.1. The number of carbonyl (C=O) groups is 1. The molecule has 1 aromatic rings. The van der Waals surface area contributed by atoms with Gasteiger partial charge in [-0.1, -0.05) is 29.9 Å². The Balaban J connectivity index is 1.45. The molecule has 3 aliphatic rings. The van der Waals surface area contributed by atoms with Crippen molar-refractivity contribution in [2.75, 3.05) is 26.2 Å². The molecule has 1 saturated heterocycles. The van der Waals surface area contributed by atoms with E-state index < -0.39 is 15.9 Å². The largest absolute Gasteiger partial charge is 0.335 e. The van der Waals surface area contributed by atoms with Crippen molar-refractivity contribution >= 4 is 45.5 Å². The van der Waals surface area contributed by atoms with Crippen molar-refractivity contribution in [2.45, 2.75) is 43.0 Å². The smallest absolute Gasteiger partial charge is 0.265 e. The van der Waals surface area contributed by atoms with Crippen LogP contribution in [0, 0.1) is 6.57 Å². The molecule has 4 rings (SSSR count). The van der Waals surface area contributed by atoms with Gasteiger partial charge in [-0.25, -0.2) is 13.4 Å². The van der Waals surface area contributed by atoms with Gasteiger partial charge in [-0.05, 0) is 31.0 Å². The molecule has 1 aromatic carbocycles. The van der Waals surface area contributed by atoms with Gasteiger partial charge >= 0.3 is 0 Å². The van der Waals surface area contributed by atoms with Crippen molar-refractivity contribution in [3.63, 3.8) is 0 Å². The molecule has 0 spiro atoms. The molecular formula is C21H25ClN8O3S. The minimum Gasteiger partial charge on any atom is -0.335 e. The van der Waals surface area contributed by atoms with Crippen LogP contribution in [-0.4, -0.2) is 73.8 Å². The summed E-state index contributed by atoms with van der Waals surface area (Å²) in [5, 5.41) is 10.2. The second-order valence-electron chi connectivity index (χ2n) is 8.15. The number of piperazine rings is 1. The van der Waals surface area contributed by atoms with Gasteiger partial charge in [0.05, 0.1) is 21.5 Å². The summed E-state index contributed by atoms with van der Waals surface area (Å²) in [4.78, 5) is 22.5. The molecule has 13 heteroatoms. The maximum Gasteiger partial charge on any atom is 0.265 e. The number of nitrogens with zero attached hydrogens (tertiary/aromatic N) is 6. The van der Waals surface area contributed by atoms with E-state index >= 15 is 0 Å². The molecular weight excluding hydrogens is 480 g/mol. The van der Waals surface area contributed by atoms with Gasteiger partial charge in [-0.3, -0.25) is 4.79 Å². The highest BCUT2D eigenvalue weighted by Crippen LogP contribution is 2.25. The highest BCUT2D eigenvalue weighted by Gasteiger charge is 2.31. The summed E-state index contributed by atoms with van der Waals surface area (Å²) in [5.74, 6) is 0.325. The Bertz CT molecular complexity index is 1180. The number of amidine groups is 1. The van der Waals surface area contributed by atoms with Crippen molar-refractivity contribution in [1.29, 1.82) is 0 Å². The zero-order valence-corrected chi connectivity index (χ0v) is 20.0. The Morgan fingerprint density at radius 2 is 1.94 bits per heavy atom. The number of aliphatic imine (C=N–C) groups is 1. The van der Waals surface area contributed by atoms with Gasteiger partial charge in [-0.15, -0.1) is 5.10 Å². The predicted molar refractivity (Wildman–Crippen MR) is 129 cm³/mol. The molecule has 1 saturated carbocycles. The van der Waals surface area contributed by atoms with Gasteiger partial charge in [-0.2, -0.15) is 20.9 Å². The number of guanidine groups is 1. The third-order valence-corrected chi connectivity index (χ3v) is 8.17. The third kappa shape index (κ3) is 5.38. The molecule has 0 aromatic heterocycles. The topological polar surface area (TPSA) is 123 Å². The summed E-state index contributed by atoms with van der Waals surface area (Å²) in [7, 11) is -3.85. The molecule has 2 fully saturated rings. The van der Waals surface area contributed by atoms with E-state index in [1.54, 1.807) is 6.21 Å². The van der Waals surface area contributed by atoms with E-state index in [0.29, 0.717) is 31.3 Å². The minimum absolute atomic E-state index is 0.0146. The fraction of sp³-hybridized carbons (Fsp3) is 0.476. The van der Waals surface area contributed by atoms with Crippen LogP contribution in [-0.2, 0) is 10.0 Å². The minimum atomic E-state index is -3.85. The van der Waals surface area contributed by atoms with E-state index in [9.17, 15) is 13.2 Å². The first kappa shape index (κ1) is 24.1. The number of rotatable bonds is 4. The van der Waals surface area contributed by atoms with Crippen LogP contribution in [0.15, 0.2) is 38.3 Å². The van der Waals surface area contributed by atoms with Crippen LogP contribution in [0.1, 0.15) is 42.5 Å². The van der Waals surface area contributed by atoms with Crippen LogP contribution in [0.4, 0.5) is 0 Å². The molecule has 0 unspecified atom stereocenters. The highest BCUT2D eigenvalue weighted by molar-refractivity contribution is 7.89. The van der Waals surface area contributed by atoms with Gasteiger partial charge in [0.15, 0.2) is 0 Å². The Morgan fingerprint density at radius 3 is 2.59 bits per heavy atom. The summed E-state index contributed by atoms with van der Waals surface area (Å²) in [6.07, 6.45) is 6.22. The van der Waals surface area contributed by atoms with Gasteiger partial charge in [0.25, 0.3) is 11.9 Å². The number of hydrogen-bond acceptors (Lipinski definition) is 6. The summed E-state index contributed by atoms with van der Waals surface area (Å²) in [6.45, 7) is 8.41.